The van der Waals surface area contributed by atoms with Crippen LogP contribution >= 0.6 is 0 Å². The molecule has 0 spiro atoms. The van der Waals surface area contributed by atoms with E-state index < -0.39 is 186 Å². The van der Waals surface area contributed by atoms with Crippen LogP contribution in [0.25, 0.3) is 0 Å². The van der Waals surface area contributed by atoms with Crippen LogP contribution in [0.3, 0.4) is 0 Å². The first-order valence-corrected chi connectivity index (χ1v) is 119. The third kappa shape index (κ3) is 48.9. The lowest BCUT2D eigenvalue weighted by molar-refractivity contribution is 0.219. The highest BCUT2D eigenvalue weighted by Gasteiger charge is 2.61. The molecule has 8 aliphatic heterocycles. The predicted octanol–water partition coefficient (Wildman–Crippen LogP) is 28.8. The summed E-state index contributed by atoms with van der Waals surface area (Å²) in [6.07, 6.45) is 27.0. The Labute approximate surface area is 882 Å². The van der Waals surface area contributed by atoms with Crippen molar-refractivity contribution in [3.8, 4) is 0 Å². The zero-order valence-electron chi connectivity index (χ0n) is 98.0. The largest absolute Gasteiger partial charge is 0.456 e. The van der Waals surface area contributed by atoms with Crippen molar-refractivity contribution < 1.29 is 103 Å². The van der Waals surface area contributed by atoms with Crippen LogP contribution in [0.15, 0.2) is 0 Å². The molecule has 0 aromatic heterocycles. The van der Waals surface area contributed by atoms with Crippen LogP contribution in [0.2, 0.25) is 344 Å². The lowest BCUT2D eigenvalue weighted by atomic mass is 9.88. The quantitative estimate of drug-likeness (QED) is 0.0406. The average molecular weight is 2350 g/mol. The van der Waals surface area contributed by atoms with Crippen molar-refractivity contribution in [2.24, 2.45) is 17.8 Å². The van der Waals surface area contributed by atoms with Gasteiger partial charge >= 0.3 is 103 Å². The van der Waals surface area contributed by atoms with E-state index >= 15 is 0 Å². The molecule has 0 radical (unpaired) electrons. The highest BCUT2D eigenvalue weighted by atomic mass is 28.5. The standard InChI is InChI=1S/C30H64O7Si6.C23H54O5Si5.C22H52O7Si6.C19H48O5Si5/c1-11-18-38(2,3)33-39(4,5)21-22-43(10)36-41(8,19-16-25-12-14-27-29(23-25)31-27)34-40(6,7)35-42(9,37-43)20-17-26-13-15-28-30(24-26)32-28;1-12-16-30(6,7)27-31(8,9)18-19-32(10,24-2)28-33(11,26-29(3,4)5)17-15-21-13-14-22-23(20-21)25-22;1-11-14-30(2,3)25-31(4,5)17-18-35(10)28-33(8,15-12-21-19-23-21)26-32(6,7)27-34(9,29-35)16-13-22-20-24-22;1-12-14-26(6,7)23-27(8,9)16-17-28(10,20-2)24-29(11,22-25(3,4)5)15-13-19-18-21-19/h25-30H,11-24H2,1-10H3;21-23H,12-20H2,1-11H3;21-22H,11-20H2,1-10H3;19H,12-18H2,1-11H3. The van der Waals surface area contributed by atoms with Crippen molar-refractivity contribution in [3.05, 3.63) is 0 Å². The summed E-state index contributed by atoms with van der Waals surface area (Å²) in [5.41, 5.74) is 0. The van der Waals surface area contributed by atoms with E-state index in [1.165, 1.54) is 127 Å². The van der Waals surface area contributed by atoms with Gasteiger partial charge in [0.05, 0.1) is 74.8 Å². The molecule has 11 fully saturated rings. The van der Waals surface area contributed by atoms with Crippen molar-refractivity contribution in [1.29, 1.82) is 0 Å². The number of hydrogen-bond acceptors (Lipinski definition) is 24. The zero-order chi connectivity index (χ0) is 105. The molecule has 24 nitrogen and oxygen atoms in total. The monoisotopic (exact) mass is 2350 g/mol. The van der Waals surface area contributed by atoms with Gasteiger partial charge in [0, 0.05) is 14.2 Å². The molecule has 20 atom stereocenters. The molecule has 8 heterocycles. The van der Waals surface area contributed by atoms with E-state index in [0.29, 0.717) is 54.9 Å². The third-order valence-electron chi connectivity index (χ3n) is 30.0. The summed E-state index contributed by atoms with van der Waals surface area (Å²) >= 11 is 0. The van der Waals surface area contributed by atoms with E-state index in [9.17, 15) is 0 Å². The van der Waals surface area contributed by atoms with Gasteiger partial charge in [-0.15, -0.1) is 0 Å². The maximum absolute atomic E-state index is 7.46. The van der Waals surface area contributed by atoms with Gasteiger partial charge in [-0.25, -0.2) is 0 Å². The molecule has 46 heteroatoms. The summed E-state index contributed by atoms with van der Waals surface area (Å²) in [5, 5.41) is 0. The maximum Gasteiger partial charge on any atom is 0.325 e. The molecule has 0 aromatic rings. The number of epoxide rings is 6. The van der Waals surface area contributed by atoms with Crippen LogP contribution in [0.1, 0.15) is 150 Å². The van der Waals surface area contributed by atoms with Crippen LogP contribution in [-0.4, -0.2) is 275 Å². The minimum absolute atomic E-state index is 0.375. The van der Waals surface area contributed by atoms with E-state index in [0.717, 1.165) is 141 Å². The molecule has 20 unspecified atom stereocenters. The topological polar surface area (TPSA) is 241 Å². The minimum atomic E-state index is -2.62. The van der Waals surface area contributed by atoms with E-state index in [1.54, 1.807) is 0 Å². The van der Waals surface area contributed by atoms with Gasteiger partial charge in [-0.3, -0.25) is 0 Å². The normalized spacial score (nSPS) is 33.6. The van der Waals surface area contributed by atoms with Gasteiger partial charge in [0.25, 0.3) is 0 Å². The Kier molecular flexibility index (Phi) is 47.6. The van der Waals surface area contributed by atoms with Crippen LogP contribution in [0.5, 0.6) is 0 Å². The lowest BCUT2D eigenvalue weighted by Gasteiger charge is -2.50. The van der Waals surface area contributed by atoms with Gasteiger partial charge in [-0.1, -0.05) is 53.4 Å². The second-order valence-corrected chi connectivity index (χ2v) is 142. The fourth-order valence-electron chi connectivity index (χ4n) is 24.1. The molecule has 3 saturated carbocycles. The molecule has 11 rings (SSSR count). The molecule has 8 saturated heterocycles. The first-order chi connectivity index (χ1) is 63.9. The fourth-order valence-corrected chi connectivity index (χ4v) is 141. The maximum atomic E-state index is 7.46. The van der Waals surface area contributed by atoms with Gasteiger partial charge in [0.1, 0.15) is 0 Å². The molecular weight excluding hydrogens is 2130 g/mol. The molecule has 11 aliphatic rings. The zero-order valence-corrected chi connectivity index (χ0v) is 120. The number of fused-ring (bicyclic) bond motifs is 3. The van der Waals surface area contributed by atoms with Crippen LogP contribution in [0.4, 0.5) is 0 Å². The number of rotatable bonds is 56. The Bertz CT molecular complexity index is 3660. The summed E-state index contributed by atoms with van der Waals surface area (Å²) in [4.78, 5) is 0. The summed E-state index contributed by atoms with van der Waals surface area (Å²) in [6.45, 7) is 95.1. The lowest BCUT2D eigenvalue weighted by Crippen LogP contribution is -2.66. The Balaban J connectivity index is 0.000000231. The van der Waals surface area contributed by atoms with Crippen molar-refractivity contribution >= 4 is 186 Å². The SMILES string of the molecule is CCC[Si](C)(C)O[Si](C)(C)CC[Si](C)(OC)O[Si](C)(CCC1CCC2OC2C1)O[Si](C)(C)C.CCC[Si](C)(C)O[Si](C)(C)CC[Si](C)(OC)O[Si](C)(CCC1CO1)O[Si](C)(C)C.CCC[Si](C)(C)O[Si](C)(C)CC[Si]1(C)O[Si](C)(CCC2CCC3OC3C2)O[Si](C)(C)O[Si](C)(CCC2CCC3OC3C2)O1.CCC[Si](C)(C)O[Si](C)(C)CC[Si]1(C)O[Si](C)(CCC2CO2)O[Si](C)(C)O[Si](C)(CCC2CO2)O1. The van der Waals surface area contributed by atoms with Crippen molar-refractivity contribution in [3.63, 3.8) is 0 Å². The first-order valence-electron chi connectivity index (χ1n) is 56.0. The van der Waals surface area contributed by atoms with Gasteiger partial charge in [0.2, 0.25) is 0 Å². The van der Waals surface area contributed by atoms with Crippen molar-refractivity contribution in [2.45, 2.75) is 549 Å². The molecule has 0 N–H and O–H groups in total. The first kappa shape index (κ1) is 129. The van der Waals surface area contributed by atoms with Crippen LogP contribution in [-0.2, 0) is 103 Å². The molecule has 140 heavy (non-hydrogen) atoms. The molecule has 826 valence electrons. The summed E-state index contributed by atoms with van der Waals surface area (Å²) in [5.74, 6) is 2.21. The van der Waals surface area contributed by atoms with Gasteiger partial charge in [-0.2, -0.15) is 0 Å². The molecule has 0 bridgehead atoms. The minimum Gasteiger partial charge on any atom is -0.456 e. The van der Waals surface area contributed by atoms with Gasteiger partial charge in [0.15, 0.2) is 83.2 Å². The van der Waals surface area contributed by atoms with Crippen LogP contribution in [0, 0.1) is 17.8 Å². The average Bonchev–Trinajstić information content (AvgIpc) is 0.902. The molecular formula is C94H218O24Si22. The van der Waals surface area contributed by atoms with Gasteiger partial charge < -0.3 is 103 Å². The van der Waals surface area contributed by atoms with E-state index in [4.69, 9.17) is 103 Å². The second-order valence-electron chi connectivity index (χ2n) is 54.3. The highest BCUT2D eigenvalue weighted by molar-refractivity contribution is 6.97. The Morgan fingerprint density at radius 3 is 0.714 bits per heavy atom. The van der Waals surface area contributed by atoms with Crippen molar-refractivity contribution in [1.82, 2.24) is 0 Å². The van der Waals surface area contributed by atoms with E-state index in [-0.39, 0.29) is 0 Å². The molecule has 0 aromatic carbocycles. The smallest absolute Gasteiger partial charge is 0.325 e. The number of hydrogen-bond donors (Lipinski definition) is 0. The Morgan fingerprint density at radius 1 is 0.229 bits per heavy atom. The highest BCUT2D eigenvalue weighted by Crippen LogP contribution is 2.50. The summed E-state index contributed by atoms with van der Waals surface area (Å²) < 4.78 is 159. The van der Waals surface area contributed by atoms with Gasteiger partial charge in [-0.05, 0) is 459 Å². The van der Waals surface area contributed by atoms with E-state index in [2.05, 4.69) is 263 Å². The Hall–Kier alpha value is 3.81. The van der Waals surface area contributed by atoms with Crippen LogP contribution < -0.4 is 0 Å². The second kappa shape index (κ2) is 51.6. The molecule has 3 aliphatic carbocycles. The fraction of sp³-hybridized carbons (Fsp3) is 1.00. The predicted molar refractivity (Wildman–Crippen MR) is 632 cm³/mol. The van der Waals surface area contributed by atoms with Crippen molar-refractivity contribution in [2.75, 3.05) is 34.0 Å². The number of ether oxygens (including phenoxy) is 6. The van der Waals surface area contributed by atoms with E-state index in [1.807, 2.05) is 14.2 Å². The summed E-state index contributed by atoms with van der Waals surface area (Å²) in [6, 6.07) is 19.1. The third-order valence-corrected chi connectivity index (χ3v) is 120. The Morgan fingerprint density at radius 2 is 0.464 bits per heavy atom. The molecule has 0 amide bonds. The summed E-state index contributed by atoms with van der Waals surface area (Å²) in [7, 11) is -42.9.